The number of nitrogens with zero attached hydrogens (tertiary/aromatic N) is 8. The highest BCUT2D eigenvalue weighted by Crippen LogP contribution is 2.34. The third-order valence-corrected chi connectivity index (χ3v) is 7.08. The standard InChI is InChI=1S/C27H26F2N10/c1-16-9-32-11-23(37-16)27(31)5-2-6-38(13-27)22-10-33-21(17-3-4-19(28)20(29)7-17)8-18(22)12-39-15-36-24-25(30)34-14-35-26(24)39/h3-4,7-11,14-15H,2,5-6,12-13,31H2,1H3,(H2,30,34,35)/t27-/m1/s1. The predicted molar refractivity (Wildman–Crippen MR) is 143 cm³/mol. The molecule has 1 aliphatic heterocycles. The number of rotatable bonds is 5. The van der Waals surface area contributed by atoms with Crippen LogP contribution in [0.1, 0.15) is 29.8 Å². The molecule has 4 aromatic heterocycles. The van der Waals surface area contributed by atoms with Crippen LogP contribution < -0.4 is 16.4 Å². The maximum atomic E-state index is 14.1. The highest BCUT2D eigenvalue weighted by Gasteiger charge is 2.36. The molecule has 198 valence electrons. The summed E-state index contributed by atoms with van der Waals surface area (Å²) < 4.78 is 29.5. The number of fused-ring (bicyclic) bond motifs is 1. The number of halogens is 2. The lowest BCUT2D eigenvalue weighted by atomic mass is 9.86. The molecule has 0 radical (unpaired) electrons. The van der Waals surface area contributed by atoms with Crippen molar-refractivity contribution < 1.29 is 8.78 Å². The number of nitrogen functional groups attached to an aromatic ring is 1. The van der Waals surface area contributed by atoms with Crippen molar-refractivity contribution in [2.45, 2.75) is 31.8 Å². The molecule has 5 aromatic rings. The molecule has 0 saturated carbocycles. The Hall–Kier alpha value is -4.58. The summed E-state index contributed by atoms with van der Waals surface area (Å²) in [5, 5.41) is 0. The molecule has 4 N–H and O–H groups in total. The Kier molecular flexibility index (Phi) is 6.10. The van der Waals surface area contributed by atoms with Crippen LogP contribution in [0.5, 0.6) is 0 Å². The van der Waals surface area contributed by atoms with Crippen molar-refractivity contribution in [3.05, 3.63) is 84.1 Å². The largest absolute Gasteiger partial charge is 0.382 e. The molecule has 12 heteroatoms. The van der Waals surface area contributed by atoms with Crippen molar-refractivity contribution in [1.82, 2.24) is 34.5 Å². The highest BCUT2D eigenvalue weighted by atomic mass is 19.2. The Bertz CT molecular complexity index is 1690. The molecule has 0 aliphatic carbocycles. The van der Waals surface area contributed by atoms with Gasteiger partial charge in [0.15, 0.2) is 23.1 Å². The van der Waals surface area contributed by atoms with Gasteiger partial charge in [-0.2, -0.15) is 0 Å². The lowest BCUT2D eigenvalue weighted by Crippen LogP contribution is -2.52. The predicted octanol–water partition coefficient (Wildman–Crippen LogP) is 3.35. The van der Waals surface area contributed by atoms with E-state index in [1.807, 2.05) is 17.6 Å². The van der Waals surface area contributed by atoms with Gasteiger partial charge in [0.05, 0.1) is 53.6 Å². The molecule has 0 bridgehead atoms. The van der Waals surface area contributed by atoms with Crippen LogP contribution in [0, 0.1) is 18.6 Å². The van der Waals surface area contributed by atoms with Gasteiger partial charge < -0.3 is 20.9 Å². The van der Waals surface area contributed by atoms with E-state index in [0.29, 0.717) is 41.3 Å². The summed E-state index contributed by atoms with van der Waals surface area (Å²) in [5.74, 6) is -1.56. The number of aryl methyl sites for hydroxylation is 1. The quantitative estimate of drug-likeness (QED) is 0.352. The molecule has 1 fully saturated rings. The Labute approximate surface area is 222 Å². The van der Waals surface area contributed by atoms with E-state index in [9.17, 15) is 8.78 Å². The van der Waals surface area contributed by atoms with E-state index in [1.165, 1.54) is 12.4 Å². The van der Waals surface area contributed by atoms with Crippen molar-refractivity contribution in [1.29, 1.82) is 0 Å². The minimum Gasteiger partial charge on any atom is -0.382 e. The third kappa shape index (κ3) is 4.63. The Balaban J connectivity index is 1.42. The second-order valence-corrected chi connectivity index (χ2v) is 9.86. The molecular formula is C27H26F2N10. The first-order chi connectivity index (χ1) is 18.8. The van der Waals surface area contributed by atoms with Crippen LogP contribution in [0.25, 0.3) is 22.4 Å². The number of hydrogen-bond acceptors (Lipinski definition) is 9. The summed E-state index contributed by atoms with van der Waals surface area (Å²) in [7, 11) is 0. The summed E-state index contributed by atoms with van der Waals surface area (Å²) in [6.45, 7) is 3.53. The van der Waals surface area contributed by atoms with Crippen LogP contribution in [0.4, 0.5) is 20.3 Å². The summed E-state index contributed by atoms with van der Waals surface area (Å²) in [6.07, 6.45) is 9.84. The third-order valence-electron chi connectivity index (χ3n) is 7.08. The SMILES string of the molecule is Cc1cncc([C@@]2(N)CCCN(c3cnc(-c4ccc(F)c(F)c4)cc3Cn3cnc4c(N)ncnc43)C2)n1. The van der Waals surface area contributed by atoms with Gasteiger partial charge in [0, 0.05) is 24.8 Å². The molecule has 39 heavy (non-hydrogen) atoms. The van der Waals surface area contributed by atoms with E-state index in [-0.39, 0.29) is 0 Å². The van der Waals surface area contributed by atoms with Crippen molar-refractivity contribution in [2.75, 3.05) is 23.7 Å². The first kappa shape index (κ1) is 24.7. The van der Waals surface area contributed by atoms with E-state index in [0.717, 1.165) is 54.2 Å². The zero-order chi connectivity index (χ0) is 27.1. The molecular weight excluding hydrogens is 502 g/mol. The van der Waals surface area contributed by atoms with E-state index in [1.54, 1.807) is 24.9 Å². The molecule has 1 atom stereocenters. The fourth-order valence-electron chi connectivity index (χ4n) is 5.11. The Morgan fingerprint density at radius 1 is 1.03 bits per heavy atom. The summed E-state index contributed by atoms with van der Waals surface area (Å²) >= 11 is 0. The summed E-state index contributed by atoms with van der Waals surface area (Å²) in [5.41, 5.74) is 17.6. The average Bonchev–Trinajstić information content (AvgIpc) is 3.34. The van der Waals surface area contributed by atoms with Crippen molar-refractivity contribution >= 4 is 22.7 Å². The maximum absolute atomic E-state index is 14.1. The molecule has 10 nitrogen and oxygen atoms in total. The number of benzene rings is 1. The number of piperidine rings is 1. The van der Waals surface area contributed by atoms with Gasteiger partial charge in [-0.05, 0) is 49.6 Å². The minimum absolute atomic E-state index is 0.291. The van der Waals surface area contributed by atoms with Crippen molar-refractivity contribution in [3.8, 4) is 11.3 Å². The molecule has 5 heterocycles. The van der Waals surface area contributed by atoms with Crippen LogP contribution in [-0.2, 0) is 12.1 Å². The molecule has 1 aromatic carbocycles. The zero-order valence-corrected chi connectivity index (χ0v) is 21.2. The van der Waals surface area contributed by atoms with E-state index < -0.39 is 17.2 Å². The number of imidazole rings is 1. The van der Waals surface area contributed by atoms with Crippen LogP contribution >= 0.6 is 0 Å². The van der Waals surface area contributed by atoms with Gasteiger partial charge >= 0.3 is 0 Å². The lowest BCUT2D eigenvalue weighted by molar-refractivity contribution is 0.343. The van der Waals surface area contributed by atoms with Gasteiger partial charge in [0.2, 0.25) is 0 Å². The second kappa shape index (κ2) is 9.62. The summed E-state index contributed by atoms with van der Waals surface area (Å²) in [6, 6.07) is 5.62. The van der Waals surface area contributed by atoms with E-state index >= 15 is 0 Å². The molecule has 0 amide bonds. The summed E-state index contributed by atoms with van der Waals surface area (Å²) in [4.78, 5) is 28.5. The fourth-order valence-corrected chi connectivity index (χ4v) is 5.11. The number of hydrogen-bond donors (Lipinski definition) is 2. The molecule has 1 aliphatic rings. The Morgan fingerprint density at radius 3 is 2.72 bits per heavy atom. The number of pyridine rings is 1. The van der Waals surface area contributed by atoms with Crippen molar-refractivity contribution in [2.24, 2.45) is 5.73 Å². The van der Waals surface area contributed by atoms with Crippen LogP contribution in [-0.4, -0.2) is 47.6 Å². The second-order valence-electron chi connectivity index (χ2n) is 9.86. The van der Waals surface area contributed by atoms with E-state index in [2.05, 4.69) is 34.8 Å². The number of aromatic nitrogens is 7. The maximum Gasteiger partial charge on any atom is 0.165 e. The Morgan fingerprint density at radius 2 is 1.90 bits per heavy atom. The van der Waals surface area contributed by atoms with Gasteiger partial charge in [0.1, 0.15) is 11.8 Å². The number of anilines is 2. The fraction of sp³-hybridized carbons (Fsp3) is 0.259. The van der Waals surface area contributed by atoms with Gasteiger partial charge in [-0.1, -0.05) is 0 Å². The highest BCUT2D eigenvalue weighted by molar-refractivity contribution is 5.81. The van der Waals surface area contributed by atoms with Crippen LogP contribution in [0.2, 0.25) is 0 Å². The smallest absolute Gasteiger partial charge is 0.165 e. The van der Waals surface area contributed by atoms with Gasteiger partial charge in [-0.25, -0.2) is 23.7 Å². The topological polar surface area (TPSA) is 138 Å². The molecule has 6 rings (SSSR count). The lowest BCUT2D eigenvalue weighted by Gasteiger charge is -2.41. The van der Waals surface area contributed by atoms with Gasteiger partial charge in [-0.15, -0.1) is 0 Å². The zero-order valence-electron chi connectivity index (χ0n) is 21.2. The first-order valence-corrected chi connectivity index (χ1v) is 12.5. The molecule has 0 spiro atoms. The van der Waals surface area contributed by atoms with Crippen LogP contribution in [0.3, 0.4) is 0 Å². The molecule has 1 saturated heterocycles. The first-order valence-electron chi connectivity index (χ1n) is 12.5. The monoisotopic (exact) mass is 528 g/mol. The molecule has 0 unspecified atom stereocenters. The van der Waals surface area contributed by atoms with Gasteiger partial charge in [-0.3, -0.25) is 15.0 Å². The average molecular weight is 529 g/mol. The van der Waals surface area contributed by atoms with E-state index in [4.69, 9.17) is 11.5 Å². The normalized spacial score (nSPS) is 17.6. The van der Waals surface area contributed by atoms with Crippen molar-refractivity contribution in [3.63, 3.8) is 0 Å². The minimum atomic E-state index is -0.934. The number of nitrogens with two attached hydrogens (primary N) is 2. The van der Waals surface area contributed by atoms with Crippen LogP contribution in [0.15, 0.2) is 55.5 Å². The van der Waals surface area contributed by atoms with Gasteiger partial charge in [0.25, 0.3) is 0 Å².